The molecule has 0 aliphatic carbocycles. The molecule has 1 N–H and O–H groups in total. The summed E-state index contributed by atoms with van der Waals surface area (Å²) in [6.45, 7) is 8.78. The fourth-order valence-electron chi connectivity index (χ4n) is 2.48. The highest BCUT2D eigenvalue weighted by Crippen LogP contribution is 2.10. The Kier molecular flexibility index (Phi) is 5.51. The number of rotatable bonds is 7. The highest BCUT2D eigenvalue weighted by molar-refractivity contribution is 5.26. The molecule has 0 saturated carbocycles. The van der Waals surface area contributed by atoms with Gasteiger partial charge in [0.2, 0.25) is 0 Å². The highest BCUT2D eigenvalue weighted by atomic mass is 19.1. The topological polar surface area (TPSA) is 29.9 Å². The zero-order valence-electron chi connectivity index (χ0n) is 13.1. The number of nitrogens with zero attached hydrogens (tertiary/aromatic N) is 2. The quantitative estimate of drug-likeness (QED) is 0.793. The molecule has 0 atom stereocenters. The van der Waals surface area contributed by atoms with Crippen LogP contribution in [0.5, 0.6) is 0 Å². The van der Waals surface area contributed by atoms with Crippen molar-refractivity contribution >= 4 is 0 Å². The fourth-order valence-corrected chi connectivity index (χ4v) is 2.48. The Morgan fingerprint density at radius 3 is 2.71 bits per heavy atom. The molecule has 1 aromatic heterocycles. The molecule has 3 nitrogen and oxygen atoms in total. The van der Waals surface area contributed by atoms with Crippen molar-refractivity contribution < 1.29 is 4.39 Å². The van der Waals surface area contributed by atoms with Crippen molar-refractivity contribution in [3.63, 3.8) is 0 Å². The standard InChI is InChI=1S/C17H24FN3/c1-4-16-11-17(21(5-2)20-16)12-19-9-8-14-6-7-15(18)10-13(14)3/h6-7,10-11,19H,4-5,8-9,12H2,1-3H3. The Hall–Kier alpha value is -1.68. The van der Waals surface area contributed by atoms with E-state index in [-0.39, 0.29) is 5.82 Å². The van der Waals surface area contributed by atoms with E-state index in [2.05, 4.69) is 35.0 Å². The first kappa shape index (κ1) is 15.7. The van der Waals surface area contributed by atoms with Crippen LogP contribution >= 0.6 is 0 Å². The van der Waals surface area contributed by atoms with Crippen LogP contribution in [-0.4, -0.2) is 16.3 Å². The van der Waals surface area contributed by atoms with Gasteiger partial charge >= 0.3 is 0 Å². The average Bonchev–Trinajstić information content (AvgIpc) is 2.88. The lowest BCUT2D eigenvalue weighted by Crippen LogP contribution is -2.19. The van der Waals surface area contributed by atoms with E-state index >= 15 is 0 Å². The maximum absolute atomic E-state index is 13.1. The molecule has 0 spiro atoms. The number of hydrogen-bond donors (Lipinski definition) is 1. The lowest BCUT2D eigenvalue weighted by Gasteiger charge is -2.08. The van der Waals surface area contributed by atoms with Crippen LogP contribution in [0.3, 0.4) is 0 Å². The molecule has 0 saturated heterocycles. The molecule has 0 aliphatic rings. The number of nitrogens with one attached hydrogen (secondary N) is 1. The van der Waals surface area contributed by atoms with Gasteiger partial charge in [0.05, 0.1) is 11.4 Å². The van der Waals surface area contributed by atoms with E-state index in [9.17, 15) is 4.39 Å². The zero-order valence-corrected chi connectivity index (χ0v) is 13.1. The third-order valence-corrected chi connectivity index (χ3v) is 3.76. The summed E-state index contributed by atoms with van der Waals surface area (Å²) in [5.41, 5.74) is 4.58. The van der Waals surface area contributed by atoms with Gasteiger partial charge in [-0.25, -0.2) is 4.39 Å². The first-order chi connectivity index (χ1) is 10.1. The first-order valence-corrected chi connectivity index (χ1v) is 7.65. The van der Waals surface area contributed by atoms with Gasteiger partial charge in [0, 0.05) is 13.1 Å². The van der Waals surface area contributed by atoms with Crippen LogP contribution in [0.2, 0.25) is 0 Å². The van der Waals surface area contributed by atoms with E-state index < -0.39 is 0 Å². The van der Waals surface area contributed by atoms with E-state index in [4.69, 9.17) is 0 Å². The number of hydrogen-bond acceptors (Lipinski definition) is 2. The summed E-state index contributed by atoms with van der Waals surface area (Å²) in [7, 11) is 0. The molecule has 2 aromatic rings. The maximum atomic E-state index is 13.1. The van der Waals surface area contributed by atoms with E-state index in [0.717, 1.165) is 43.7 Å². The van der Waals surface area contributed by atoms with Crippen LogP contribution < -0.4 is 5.32 Å². The Morgan fingerprint density at radius 1 is 1.24 bits per heavy atom. The van der Waals surface area contributed by atoms with Crippen molar-refractivity contribution in [1.29, 1.82) is 0 Å². The van der Waals surface area contributed by atoms with Gasteiger partial charge < -0.3 is 5.32 Å². The molecule has 2 rings (SSSR count). The summed E-state index contributed by atoms with van der Waals surface area (Å²) in [5.74, 6) is -0.164. The minimum atomic E-state index is -0.164. The van der Waals surface area contributed by atoms with Crippen molar-refractivity contribution in [2.45, 2.75) is 46.7 Å². The Balaban J connectivity index is 1.85. The van der Waals surface area contributed by atoms with Crippen molar-refractivity contribution in [2.24, 2.45) is 0 Å². The second kappa shape index (κ2) is 7.36. The van der Waals surface area contributed by atoms with E-state index in [1.54, 1.807) is 6.07 Å². The average molecular weight is 289 g/mol. The van der Waals surface area contributed by atoms with Crippen molar-refractivity contribution in [1.82, 2.24) is 15.1 Å². The van der Waals surface area contributed by atoms with E-state index in [1.165, 1.54) is 17.3 Å². The van der Waals surface area contributed by atoms with Gasteiger partial charge in [-0.05, 0) is 62.6 Å². The molecule has 0 aliphatic heterocycles. The molecule has 0 unspecified atom stereocenters. The number of benzene rings is 1. The van der Waals surface area contributed by atoms with Crippen LogP contribution in [0.25, 0.3) is 0 Å². The molecule has 4 heteroatoms. The van der Waals surface area contributed by atoms with Crippen molar-refractivity contribution in [3.8, 4) is 0 Å². The van der Waals surface area contributed by atoms with Crippen LogP contribution in [0.15, 0.2) is 24.3 Å². The summed E-state index contributed by atoms with van der Waals surface area (Å²) in [6, 6.07) is 7.16. The molecule has 1 aromatic carbocycles. The first-order valence-electron chi connectivity index (χ1n) is 7.65. The second-order valence-corrected chi connectivity index (χ2v) is 5.29. The highest BCUT2D eigenvalue weighted by Gasteiger charge is 2.05. The summed E-state index contributed by atoms with van der Waals surface area (Å²) >= 11 is 0. The molecule has 21 heavy (non-hydrogen) atoms. The van der Waals surface area contributed by atoms with Gasteiger partial charge in [0.25, 0.3) is 0 Å². The Bertz CT molecular complexity index is 590. The molecule has 0 amide bonds. The summed E-state index contributed by atoms with van der Waals surface area (Å²) in [5, 5.41) is 7.99. The smallest absolute Gasteiger partial charge is 0.123 e. The van der Waals surface area contributed by atoms with Crippen molar-refractivity contribution in [2.75, 3.05) is 6.54 Å². The number of aromatic nitrogens is 2. The lowest BCUT2D eigenvalue weighted by atomic mass is 10.1. The summed E-state index contributed by atoms with van der Waals surface area (Å²) < 4.78 is 15.1. The van der Waals surface area contributed by atoms with Gasteiger partial charge in [0.1, 0.15) is 5.82 Å². The number of halogens is 1. The Labute approximate surface area is 126 Å². The summed E-state index contributed by atoms with van der Waals surface area (Å²) in [6.07, 6.45) is 1.88. The Morgan fingerprint density at radius 2 is 2.05 bits per heavy atom. The molecule has 0 bridgehead atoms. The molecule has 1 heterocycles. The predicted octanol–water partition coefficient (Wildman–Crippen LogP) is 3.25. The van der Waals surface area contributed by atoms with Gasteiger partial charge in [-0.1, -0.05) is 13.0 Å². The van der Waals surface area contributed by atoms with E-state index in [1.807, 2.05) is 13.0 Å². The van der Waals surface area contributed by atoms with Crippen LogP contribution in [0.4, 0.5) is 4.39 Å². The van der Waals surface area contributed by atoms with Gasteiger partial charge in [-0.2, -0.15) is 5.10 Å². The zero-order chi connectivity index (χ0) is 15.2. The maximum Gasteiger partial charge on any atom is 0.123 e. The summed E-state index contributed by atoms with van der Waals surface area (Å²) in [4.78, 5) is 0. The molecular formula is C17H24FN3. The van der Waals surface area contributed by atoms with Crippen molar-refractivity contribution in [3.05, 3.63) is 52.6 Å². The third kappa shape index (κ3) is 4.14. The second-order valence-electron chi connectivity index (χ2n) is 5.29. The largest absolute Gasteiger partial charge is 0.311 e. The lowest BCUT2D eigenvalue weighted by molar-refractivity contribution is 0.577. The van der Waals surface area contributed by atoms with Gasteiger partial charge in [-0.3, -0.25) is 4.68 Å². The number of aryl methyl sites for hydroxylation is 3. The van der Waals surface area contributed by atoms with E-state index in [0.29, 0.717) is 0 Å². The molecular weight excluding hydrogens is 265 g/mol. The van der Waals surface area contributed by atoms with Crippen LogP contribution in [0.1, 0.15) is 36.4 Å². The minimum absolute atomic E-state index is 0.164. The molecule has 114 valence electrons. The fraction of sp³-hybridized carbons (Fsp3) is 0.471. The SMILES string of the molecule is CCc1cc(CNCCc2ccc(F)cc2C)n(CC)n1. The molecule has 0 fully saturated rings. The van der Waals surface area contributed by atoms with Crippen LogP contribution in [0, 0.1) is 12.7 Å². The van der Waals surface area contributed by atoms with Crippen LogP contribution in [-0.2, 0) is 25.9 Å². The van der Waals surface area contributed by atoms with Gasteiger partial charge in [-0.15, -0.1) is 0 Å². The predicted molar refractivity (Wildman–Crippen MR) is 83.8 cm³/mol. The molecule has 0 radical (unpaired) electrons. The third-order valence-electron chi connectivity index (χ3n) is 3.76. The monoisotopic (exact) mass is 289 g/mol. The normalized spacial score (nSPS) is 11.0. The minimum Gasteiger partial charge on any atom is -0.311 e. The van der Waals surface area contributed by atoms with Gasteiger partial charge in [0.15, 0.2) is 0 Å².